The van der Waals surface area contributed by atoms with E-state index in [0.29, 0.717) is 11.3 Å². The third kappa shape index (κ3) is 2.21. The predicted octanol–water partition coefficient (Wildman–Crippen LogP) is 2.21. The molecule has 1 aliphatic rings. The highest BCUT2D eigenvalue weighted by atomic mass is 16.6. The molecule has 1 heterocycles. The summed E-state index contributed by atoms with van der Waals surface area (Å²) in [5.41, 5.74) is 0.544. The van der Waals surface area contributed by atoms with Gasteiger partial charge in [-0.2, -0.15) is 0 Å². The zero-order valence-corrected chi connectivity index (χ0v) is 11.4. The Balaban J connectivity index is 2.10. The Morgan fingerprint density at radius 3 is 2.62 bits per heavy atom. The van der Waals surface area contributed by atoms with E-state index < -0.39 is 5.79 Å². The minimum Gasteiger partial charge on any atom is -0.507 e. The third-order valence-corrected chi connectivity index (χ3v) is 3.47. The standard InChI is InChI=1S/C16H14O5/c1-20-11-7-12(17)15-13(18)9-16(19,21-14(15)8-11)10-5-3-2-4-6-10/h2-8,17,19H,9H2,1H3/t16-/m0/s1. The molecule has 108 valence electrons. The van der Waals surface area contributed by atoms with E-state index >= 15 is 0 Å². The molecule has 0 fully saturated rings. The van der Waals surface area contributed by atoms with Crippen LogP contribution in [-0.2, 0) is 5.79 Å². The predicted molar refractivity (Wildman–Crippen MR) is 74.6 cm³/mol. The molecule has 0 saturated heterocycles. The number of aromatic hydroxyl groups is 1. The average Bonchev–Trinajstić information content (AvgIpc) is 2.47. The molecule has 2 aromatic rings. The summed E-state index contributed by atoms with van der Waals surface area (Å²) < 4.78 is 10.6. The number of phenols is 1. The molecular weight excluding hydrogens is 272 g/mol. The SMILES string of the molecule is COc1cc(O)c2c(c1)O[C@](O)(c1ccccc1)CC2=O. The van der Waals surface area contributed by atoms with Gasteiger partial charge in [-0.05, 0) is 0 Å². The zero-order chi connectivity index (χ0) is 15.0. The molecule has 0 aromatic heterocycles. The minimum absolute atomic E-state index is 0.0661. The molecule has 5 heteroatoms. The number of hydrogen-bond acceptors (Lipinski definition) is 5. The number of ether oxygens (including phenoxy) is 2. The maximum absolute atomic E-state index is 12.3. The molecule has 2 N–H and O–H groups in total. The highest BCUT2D eigenvalue weighted by molar-refractivity contribution is 6.03. The number of fused-ring (bicyclic) bond motifs is 1. The second kappa shape index (κ2) is 4.79. The maximum Gasteiger partial charge on any atom is 0.242 e. The van der Waals surface area contributed by atoms with Gasteiger partial charge in [-0.15, -0.1) is 0 Å². The van der Waals surface area contributed by atoms with Crippen LogP contribution in [0.4, 0.5) is 0 Å². The number of Topliss-reactive ketones (excluding diaryl/α,β-unsaturated/α-hetero) is 1. The lowest BCUT2D eigenvalue weighted by molar-refractivity contribution is -0.147. The molecule has 0 radical (unpaired) electrons. The van der Waals surface area contributed by atoms with Crippen molar-refractivity contribution in [1.29, 1.82) is 0 Å². The first kappa shape index (κ1) is 13.5. The fourth-order valence-electron chi connectivity index (χ4n) is 2.44. The number of methoxy groups -OCH3 is 1. The van der Waals surface area contributed by atoms with Crippen LogP contribution in [0.15, 0.2) is 42.5 Å². The van der Waals surface area contributed by atoms with E-state index in [0.717, 1.165) is 0 Å². The molecule has 0 aliphatic carbocycles. The number of ketones is 1. The number of hydrogen-bond donors (Lipinski definition) is 2. The van der Waals surface area contributed by atoms with E-state index in [1.54, 1.807) is 30.3 Å². The normalized spacial score (nSPS) is 20.6. The summed E-state index contributed by atoms with van der Waals surface area (Å²) in [6.07, 6.45) is -0.260. The van der Waals surface area contributed by atoms with Crippen molar-refractivity contribution in [3.8, 4) is 17.2 Å². The fraction of sp³-hybridized carbons (Fsp3) is 0.188. The molecule has 0 unspecified atom stereocenters. The summed E-state index contributed by atoms with van der Waals surface area (Å²) in [5, 5.41) is 20.6. The van der Waals surface area contributed by atoms with E-state index in [9.17, 15) is 15.0 Å². The molecule has 0 spiro atoms. The van der Waals surface area contributed by atoms with Crippen molar-refractivity contribution in [3.63, 3.8) is 0 Å². The van der Waals surface area contributed by atoms with Crippen molar-refractivity contribution < 1.29 is 24.5 Å². The maximum atomic E-state index is 12.3. The van der Waals surface area contributed by atoms with Gasteiger partial charge in [0.2, 0.25) is 5.79 Å². The number of aliphatic hydroxyl groups is 1. The second-order valence-corrected chi connectivity index (χ2v) is 4.87. The lowest BCUT2D eigenvalue weighted by Gasteiger charge is -2.33. The number of benzene rings is 2. The van der Waals surface area contributed by atoms with E-state index in [4.69, 9.17) is 9.47 Å². The smallest absolute Gasteiger partial charge is 0.242 e. The Hall–Kier alpha value is -2.53. The number of carbonyl (C=O) groups is 1. The highest BCUT2D eigenvalue weighted by Gasteiger charge is 2.41. The molecule has 0 saturated carbocycles. The Bertz CT molecular complexity index is 695. The molecule has 1 atom stereocenters. The number of carbonyl (C=O) groups excluding carboxylic acids is 1. The molecule has 3 rings (SSSR count). The van der Waals surface area contributed by atoms with Gasteiger partial charge in [0.05, 0.1) is 13.5 Å². The minimum atomic E-state index is -1.75. The average molecular weight is 286 g/mol. The van der Waals surface area contributed by atoms with Crippen molar-refractivity contribution in [2.75, 3.05) is 7.11 Å². The first-order valence-electron chi connectivity index (χ1n) is 6.44. The summed E-state index contributed by atoms with van der Waals surface area (Å²) in [6.45, 7) is 0. The van der Waals surface area contributed by atoms with E-state index in [1.807, 2.05) is 0 Å². The summed E-state index contributed by atoms with van der Waals surface area (Å²) >= 11 is 0. The number of phenolic OH excluding ortho intramolecular Hbond substituents is 1. The summed E-state index contributed by atoms with van der Waals surface area (Å²) in [5.74, 6) is -1.90. The van der Waals surface area contributed by atoms with Gasteiger partial charge >= 0.3 is 0 Å². The first-order chi connectivity index (χ1) is 10.0. The van der Waals surface area contributed by atoms with Crippen molar-refractivity contribution in [2.24, 2.45) is 0 Å². The van der Waals surface area contributed by atoms with Crippen LogP contribution in [-0.4, -0.2) is 23.1 Å². The Labute approximate surface area is 121 Å². The Morgan fingerprint density at radius 1 is 1.24 bits per heavy atom. The van der Waals surface area contributed by atoms with Gasteiger partial charge in [0.25, 0.3) is 0 Å². The monoisotopic (exact) mass is 286 g/mol. The van der Waals surface area contributed by atoms with Crippen LogP contribution in [0.1, 0.15) is 22.3 Å². The van der Waals surface area contributed by atoms with Gasteiger partial charge in [0, 0.05) is 17.7 Å². The summed E-state index contributed by atoms with van der Waals surface area (Å²) in [7, 11) is 1.44. The van der Waals surface area contributed by atoms with Gasteiger partial charge in [-0.25, -0.2) is 0 Å². The Kier molecular flexibility index (Phi) is 3.07. The van der Waals surface area contributed by atoms with Crippen LogP contribution in [0.2, 0.25) is 0 Å². The van der Waals surface area contributed by atoms with Crippen LogP contribution in [0, 0.1) is 0 Å². The van der Waals surface area contributed by atoms with Gasteiger partial charge in [0.15, 0.2) is 5.78 Å². The first-order valence-corrected chi connectivity index (χ1v) is 6.44. The van der Waals surface area contributed by atoms with Gasteiger partial charge in [-0.3, -0.25) is 4.79 Å². The van der Waals surface area contributed by atoms with E-state index in [-0.39, 0.29) is 29.3 Å². The molecule has 0 bridgehead atoms. The highest BCUT2D eigenvalue weighted by Crippen LogP contribution is 2.43. The zero-order valence-electron chi connectivity index (χ0n) is 11.4. The van der Waals surface area contributed by atoms with Crippen LogP contribution in [0.3, 0.4) is 0 Å². The lowest BCUT2D eigenvalue weighted by atomic mass is 9.92. The van der Waals surface area contributed by atoms with Crippen LogP contribution < -0.4 is 9.47 Å². The topological polar surface area (TPSA) is 76.0 Å². The van der Waals surface area contributed by atoms with Gasteiger partial charge in [-0.1, -0.05) is 30.3 Å². The van der Waals surface area contributed by atoms with Crippen molar-refractivity contribution >= 4 is 5.78 Å². The van der Waals surface area contributed by atoms with E-state index in [2.05, 4.69) is 0 Å². The third-order valence-electron chi connectivity index (χ3n) is 3.47. The second-order valence-electron chi connectivity index (χ2n) is 4.87. The molecule has 5 nitrogen and oxygen atoms in total. The molecule has 2 aromatic carbocycles. The molecule has 1 aliphatic heterocycles. The largest absolute Gasteiger partial charge is 0.507 e. The summed E-state index contributed by atoms with van der Waals surface area (Å²) in [4.78, 5) is 12.3. The van der Waals surface area contributed by atoms with Crippen LogP contribution in [0.5, 0.6) is 17.2 Å². The van der Waals surface area contributed by atoms with Gasteiger partial charge in [0.1, 0.15) is 22.8 Å². The van der Waals surface area contributed by atoms with E-state index in [1.165, 1.54) is 19.2 Å². The van der Waals surface area contributed by atoms with Crippen LogP contribution in [0.25, 0.3) is 0 Å². The molecular formula is C16H14O5. The number of rotatable bonds is 2. The van der Waals surface area contributed by atoms with Crippen LogP contribution >= 0.6 is 0 Å². The summed E-state index contributed by atoms with van der Waals surface area (Å²) in [6, 6.07) is 11.5. The van der Waals surface area contributed by atoms with Crippen molar-refractivity contribution in [3.05, 3.63) is 53.6 Å². The van der Waals surface area contributed by atoms with Crippen molar-refractivity contribution in [1.82, 2.24) is 0 Å². The quantitative estimate of drug-likeness (QED) is 0.885. The molecule has 21 heavy (non-hydrogen) atoms. The molecule has 0 amide bonds. The van der Waals surface area contributed by atoms with Crippen molar-refractivity contribution in [2.45, 2.75) is 12.2 Å². The Morgan fingerprint density at radius 2 is 1.95 bits per heavy atom. The fourth-order valence-corrected chi connectivity index (χ4v) is 2.44. The lowest BCUT2D eigenvalue weighted by Crippen LogP contribution is -2.39. The van der Waals surface area contributed by atoms with Gasteiger partial charge < -0.3 is 19.7 Å².